The lowest BCUT2D eigenvalue weighted by Gasteiger charge is -2.12. The first-order chi connectivity index (χ1) is 14.2. The second-order valence-corrected chi connectivity index (χ2v) is 7.50. The molecule has 0 aliphatic heterocycles. The number of amides is 1. The van der Waals surface area contributed by atoms with E-state index in [0.29, 0.717) is 22.8 Å². The first-order valence-electron chi connectivity index (χ1n) is 9.07. The molecule has 0 bridgehead atoms. The molecule has 1 heterocycles. The Balaban J connectivity index is 1.87. The lowest BCUT2D eigenvalue weighted by molar-refractivity contribution is 0.0977. The Labute approximate surface area is 183 Å². The van der Waals surface area contributed by atoms with Crippen LogP contribution in [0.4, 0.5) is 10.1 Å². The van der Waals surface area contributed by atoms with Gasteiger partial charge in [-0.05, 0) is 56.3 Å². The number of nitrogens with zero attached hydrogens (tertiary/aromatic N) is 3. The minimum atomic E-state index is -0.535. The number of aromatic nitrogens is 2. The Morgan fingerprint density at radius 3 is 2.47 bits per heavy atom. The van der Waals surface area contributed by atoms with Crippen molar-refractivity contribution in [1.29, 1.82) is 0 Å². The standard InChI is InChI=1S/C21H20Cl2FN5O/c1-12-17(13(2)29(3)28-12)11-25-21(26-16-8-9-19(24)18(23)10-16)27-20(30)14-4-6-15(22)7-5-14/h4-10H,11H2,1-3H3,(H2,25,26,27,30). The van der Waals surface area contributed by atoms with E-state index in [-0.39, 0.29) is 16.9 Å². The summed E-state index contributed by atoms with van der Waals surface area (Å²) in [6.45, 7) is 4.14. The maximum absolute atomic E-state index is 13.5. The van der Waals surface area contributed by atoms with Crippen LogP contribution in [0.2, 0.25) is 10.0 Å². The van der Waals surface area contributed by atoms with Crippen molar-refractivity contribution in [2.45, 2.75) is 20.4 Å². The minimum Gasteiger partial charge on any atom is -0.326 e. The van der Waals surface area contributed by atoms with Gasteiger partial charge in [-0.25, -0.2) is 9.38 Å². The number of carbonyl (C=O) groups is 1. The second kappa shape index (κ2) is 9.28. The van der Waals surface area contributed by atoms with Crippen LogP contribution in [0, 0.1) is 19.7 Å². The summed E-state index contributed by atoms with van der Waals surface area (Å²) in [5.74, 6) is -0.710. The van der Waals surface area contributed by atoms with Gasteiger partial charge in [-0.15, -0.1) is 0 Å². The fourth-order valence-corrected chi connectivity index (χ4v) is 3.11. The van der Waals surface area contributed by atoms with E-state index in [1.807, 2.05) is 20.9 Å². The number of hydrogen-bond donors (Lipinski definition) is 2. The van der Waals surface area contributed by atoms with Gasteiger partial charge in [0.05, 0.1) is 17.3 Å². The third kappa shape index (κ3) is 5.17. The van der Waals surface area contributed by atoms with Gasteiger partial charge in [0.15, 0.2) is 0 Å². The van der Waals surface area contributed by atoms with Gasteiger partial charge in [-0.2, -0.15) is 5.10 Å². The van der Waals surface area contributed by atoms with Gasteiger partial charge < -0.3 is 5.32 Å². The Bertz CT molecular complexity index is 1110. The van der Waals surface area contributed by atoms with Crippen molar-refractivity contribution in [3.8, 4) is 0 Å². The van der Waals surface area contributed by atoms with Crippen molar-refractivity contribution in [3.05, 3.63) is 80.8 Å². The molecule has 3 rings (SSSR count). The number of aliphatic imine (C=N–C) groups is 1. The first kappa shape index (κ1) is 21.8. The maximum atomic E-state index is 13.5. The molecule has 0 atom stereocenters. The maximum Gasteiger partial charge on any atom is 0.257 e. The molecule has 0 aliphatic rings. The van der Waals surface area contributed by atoms with Gasteiger partial charge in [0, 0.05) is 34.6 Å². The molecule has 0 saturated heterocycles. The van der Waals surface area contributed by atoms with Gasteiger partial charge >= 0.3 is 0 Å². The van der Waals surface area contributed by atoms with Crippen LogP contribution in [0.1, 0.15) is 27.3 Å². The number of rotatable bonds is 4. The monoisotopic (exact) mass is 447 g/mol. The third-order valence-electron chi connectivity index (χ3n) is 4.57. The predicted octanol–water partition coefficient (Wildman–Crippen LogP) is 4.88. The van der Waals surface area contributed by atoms with Crippen molar-refractivity contribution >= 4 is 40.8 Å². The van der Waals surface area contributed by atoms with Crippen LogP contribution in [0.15, 0.2) is 47.5 Å². The van der Waals surface area contributed by atoms with Gasteiger partial charge in [0.2, 0.25) is 5.96 Å². The van der Waals surface area contributed by atoms with E-state index < -0.39 is 5.82 Å². The molecule has 0 saturated carbocycles. The number of anilines is 1. The molecular formula is C21H20Cl2FN5O. The summed E-state index contributed by atoms with van der Waals surface area (Å²) in [7, 11) is 1.86. The topological polar surface area (TPSA) is 71.3 Å². The van der Waals surface area contributed by atoms with E-state index in [0.717, 1.165) is 17.0 Å². The van der Waals surface area contributed by atoms with E-state index >= 15 is 0 Å². The number of carbonyl (C=O) groups excluding carboxylic acids is 1. The van der Waals surface area contributed by atoms with Gasteiger partial charge in [-0.1, -0.05) is 23.2 Å². The van der Waals surface area contributed by atoms with Crippen molar-refractivity contribution < 1.29 is 9.18 Å². The van der Waals surface area contributed by atoms with Crippen molar-refractivity contribution in [2.24, 2.45) is 12.0 Å². The summed E-state index contributed by atoms with van der Waals surface area (Å²) in [4.78, 5) is 17.2. The summed E-state index contributed by atoms with van der Waals surface area (Å²) in [5, 5.41) is 10.6. The van der Waals surface area contributed by atoms with Gasteiger partial charge in [0.25, 0.3) is 5.91 Å². The molecule has 6 nitrogen and oxygen atoms in total. The smallest absolute Gasteiger partial charge is 0.257 e. The van der Waals surface area contributed by atoms with Crippen LogP contribution in [-0.2, 0) is 13.6 Å². The average Bonchev–Trinajstić information content (AvgIpc) is 2.94. The third-order valence-corrected chi connectivity index (χ3v) is 5.12. The van der Waals surface area contributed by atoms with Crippen LogP contribution < -0.4 is 10.6 Å². The Kier molecular flexibility index (Phi) is 6.74. The molecular weight excluding hydrogens is 428 g/mol. The number of benzene rings is 2. The van der Waals surface area contributed by atoms with Crippen LogP contribution in [-0.4, -0.2) is 21.6 Å². The van der Waals surface area contributed by atoms with E-state index in [4.69, 9.17) is 23.2 Å². The lowest BCUT2D eigenvalue weighted by atomic mass is 10.2. The first-order valence-corrected chi connectivity index (χ1v) is 9.82. The van der Waals surface area contributed by atoms with E-state index in [1.54, 1.807) is 28.9 Å². The second-order valence-electron chi connectivity index (χ2n) is 6.65. The predicted molar refractivity (Wildman–Crippen MR) is 118 cm³/mol. The van der Waals surface area contributed by atoms with E-state index in [9.17, 15) is 9.18 Å². The number of nitrogens with one attached hydrogen (secondary N) is 2. The Morgan fingerprint density at radius 2 is 1.87 bits per heavy atom. The van der Waals surface area contributed by atoms with Crippen molar-refractivity contribution in [1.82, 2.24) is 15.1 Å². The quantitative estimate of drug-likeness (QED) is 0.442. The summed E-state index contributed by atoms with van der Waals surface area (Å²) >= 11 is 11.8. The zero-order valence-electron chi connectivity index (χ0n) is 16.6. The van der Waals surface area contributed by atoms with E-state index in [2.05, 4.69) is 20.7 Å². The molecule has 156 valence electrons. The Morgan fingerprint density at radius 1 is 1.17 bits per heavy atom. The van der Waals surface area contributed by atoms with Crippen molar-refractivity contribution in [2.75, 3.05) is 5.32 Å². The molecule has 2 N–H and O–H groups in total. The molecule has 30 heavy (non-hydrogen) atoms. The highest BCUT2D eigenvalue weighted by Crippen LogP contribution is 2.20. The molecule has 0 radical (unpaired) electrons. The molecule has 0 spiro atoms. The minimum absolute atomic E-state index is 0.0395. The molecule has 0 fully saturated rings. The fourth-order valence-electron chi connectivity index (χ4n) is 2.81. The lowest BCUT2D eigenvalue weighted by Crippen LogP contribution is -2.36. The fraction of sp³-hybridized carbons (Fsp3) is 0.190. The van der Waals surface area contributed by atoms with Crippen LogP contribution in [0.25, 0.3) is 0 Å². The molecule has 0 aliphatic carbocycles. The van der Waals surface area contributed by atoms with Crippen molar-refractivity contribution in [3.63, 3.8) is 0 Å². The van der Waals surface area contributed by atoms with Crippen LogP contribution >= 0.6 is 23.2 Å². The summed E-state index contributed by atoms with van der Waals surface area (Å²) < 4.78 is 15.3. The average molecular weight is 448 g/mol. The van der Waals surface area contributed by atoms with Gasteiger partial charge in [-0.3, -0.25) is 14.8 Å². The van der Waals surface area contributed by atoms with Gasteiger partial charge in [0.1, 0.15) is 5.82 Å². The zero-order valence-corrected chi connectivity index (χ0v) is 18.1. The molecule has 3 aromatic rings. The number of hydrogen-bond acceptors (Lipinski definition) is 3. The molecule has 1 amide bonds. The summed E-state index contributed by atoms with van der Waals surface area (Å²) in [6, 6.07) is 10.6. The Hall–Kier alpha value is -2.90. The highest BCUT2D eigenvalue weighted by Gasteiger charge is 2.13. The number of guanidine groups is 1. The molecule has 9 heteroatoms. The summed E-state index contributed by atoms with van der Waals surface area (Å²) in [6.07, 6.45) is 0. The summed E-state index contributed by atoms with van der Waals surface area (Å²) in [5.41, 5.74) is 3.68. The number of aryl methyl sites for hydroxylation is 2. The largest absolute Gasteiger partial charge is 0.326 e. The molecule has 2 aromatic carbocycles. The number of halogens is 3. The normalized spacial score (nSPS) is 11.5. The van der Waals surface area contributed by atoms with Crippen LogP contribution in [0.5, 0.6) is 0 Å². The molecule has 0 unspecified atom stereocenters. The van der Waals surface area contributed by atoms with Crippen LogP contribution in [0.3, 0.4) is 0 Å². The highest BCUT2D eigenvalue weighted by atomic mass is 35.5. The SMILES string of the molecule is Cc1nn(C)c(C)c1CN=C(NC(=O)c1ccc(Cl)cc1)Nc1ccc(F)c(Cl)c1. The highest BCUT2D eigenvalue weighted by molar-refractivity contribution is 6.31. The zero-order chi connectivity index (χ0) is 21.8. The molecule has 1 aromatic heterocycles. The van der Waals surface area contributed by atoms with E-state index in [1.165, 1.54) is 18.2 Å².